The number of para-hydroxylation sites is 1. The maximum Gasteiger partial charge on any atom is 0.0713 e. The average molecular weight is 229 g/mol. The number of nitrogen functional groups attached to an aromatic ring is 1. The molecule has 3 heteroatoms. The fourth-order valence-electron chi connectivity index (χ4n) is 1.91. The molecule has 1 aromatic heterocycles. The van der Waals surface area contributed by atoms with Crippen LogP contribution in [0, 0.1) is 0 Å². The Morgan fingerprint density at radius 3 is 2.65 bits per heavy atom. The fourth-order valence-corrected chi connectivity index (χ4v) is 1.91. The number of pyridine rings is 1. The van der Waals surface area contributed by atoms with Crippen LogP contribution < -0.4 is 11.3 Å². The Labute approximate surface area is 102 Å². The zero-order valence-electron chi connectivity index (χ0n) is 10.6. The molecule has 3 N–H and O–H groups in total. The van der Waals surface area contributed by atoms with Crippen molar-refractivity contribution < 1.29 is 0 Å². The van der Waals surface area contributed by atoms with Crippen molar-refractivity contribution in [2.75, 3.05) is 5.43 Å². The maximum absolute atomic E-state index is 5.60. The average Bonchev–Trinajstić information content (AvgIpc) is 2.37. The van der Waals surface area contributed by atoms with Crippen LogP contribution in [-0.2, 0) is 5.41 Å². The molecule has 1 heterocycles. The Bertz CT molecular complexity index is 532. The minimum Gasteiger partial charge on any atom is -0.322 e. The van der Waals surface area contributed by atoms with Gasteiger partial charge in [-0.1, -0.05) is 39.0 Å². The van der Waals surface area contributed by atoms with E-state index in [1.807, 2.05) is 24.3 Å². The molecule has 0 aliphatic carbocycles. The molecule has 90 valence electrons. The maximum atomic E-state index is 5.60. The zero-order chi connectivity index (χ0) is 12.5. The van der Waals surface area contributed by atoms with E-state index in [2.05, 4.69) is 32.3 Å². The molecule has 0 radical (unpaired) electrons. The topological polar surface area (TPSA) is 50.9 Å². The third kappa shape index (κ3) is 2.11. The molecule has 17 heavy (non-hydrogen) atoms. The molecule has 0 fully saturated rings. The third-order valence-corrected chi connectivity index (χ3v) is 3.40. The quantitative estimate of drug-likeness (QED) is 0.627. The lowest BCUT2D eigenvalue weighted by Crippen LogP contribution is -2.22. The number of aromatic nitrogens is 1. The lowest BCUT2D eigenvalue weighted by Gasteiger charge is -2.25. The number of fused-ring (bicyclic) bond motifs is 1. The highest BCUT2D eigenvalue weighted by molar-refractivity contribution is 5.83. The summed E-state index contributed by atoms with van der Waals surface area (Å²) in [5.74, 6) is 5.60. The summed E-state index contributed by atoms with van der Waals surface area (Å²) >= 11 is 0. The minimum atomic E-state index is 0.0196. The Morgan fingerprint density at radius 2 is 2.00 bits per heavy atom. The fraction of sp³-hybridized carbons (Fsp3) is 0.357. The summed E-state index contributed by atoms with van der Waals surface area (Å²) < 4.78 is 0. The van der Waals surface area contributed by atoms with E-state index in [1.54, 1.807) is 0 Å². The number of nitrogens with two attached hydrogens (primary N) is 1. The van der Waals surface area contributed by atoms with Crippen molar-refractivity contribution in [2.45, 2.75) is 32.6 Å². The number of hydrogen-bond acceptors (Lipinski definition) is 3. The predicted molar refractivity (Wildman–Crippen MR) is 72.9 cm³/mol. The monoisotopic (exact) mass is 229 g/mol. The van der Waals surface area contributed by atoms with Crippen LogP contribution in [0.15, 0.2) is 30.3 Å². The summed E-state index contributed by atoms with van der Waals surface area (Å²) in [4.78, 5) is 4.75. The molecule has 0 saturated carbocycles. The summed E-state index contributed by atoms with van der Waals surface area (Å²) in [6, 6.07) is 10.2. The highest BCUT2D eigenvalue weighted by atomic mass is 15.2. The number of hydrogen-bond donors (Lipinski definition) is 2. The molecule has 2 aromatic rings. The summed E-state index contributed by atoms with van der Waals surface area (Å²) in [5.41, 5.74) is 5.74. The summed E-state index contributed by atoms with van der Waals surface area (Å²) in [6.07, 6.45) is 1.02. The van der Waals surface area contributed by atoms with Crippen molar-refractivity contribution in [1.29, 1.82) is 0 Å². The normalized spacial score (nSPS) is 11.8. The van der Waals surface area contributed by atoms with Crippen LogP contribution in [-0.4, -0.2) is 4.98 Å². The van der Waals surface area contributed by atoms with Gasteiger partial charge < -0.3 is 5.43 Å². The first kappa shape index (κ1) is 11.9. The molecule has 2 rings (SSSR count). The number of nitrogens with one attached hydrogen (secondary N) is 1. The molecule has 0 unspecified atom stereocenters. The summed E-state index contributed by atoms with van der Waals surface area (Å²) in [5, 5.41) is 1.11. The smallest absolute Gasteiger partial charge is 0.0713 e. The van der Waals surface area contributed by atoms with Crippen LogP contribution in [0.25, 0.3) is 10.9 Å². The molecule has 3 nitrogen and oxygen atoms in total. The second-order valence-electron chi connectivity index (χ2n) is 4.96. The van der Waals surface area contributed by atoms with E-state index in [0.29, 0.717) is 0 Å². The van der Waals surface area contributed by atoms with Gasteiger partial charge in [-0.2, -0.15) is 0 Å². The summed E-state index contributed by atoms with van der Waals surface area (Å²) in [6.45, 7) is 6.53. The van der Waals surface area contributed by atoms with E-state index in [0.717, 1.165) is 28.7 Å². The second-order valence-corrected chi connectivity index (χ2v) is 4.96. The van der Waals surface area contributed by atoms with E-state index in [4.69, 9.17) is 10.8 Å². The Balaban J connectivity index is 2.69. The van der Waals surface area contributed by atoms with Crippen LogP contribution in [0.5, 0.6) is 0 Å². The van der Waals surface area contributed by atoms with Crippen molar-refractivity contribution in [3.05, 3.63) is 36.0 Å². The van der Waals surface area contributed by atoms with Gasteiger partial charge in [0.15, 0.2) is 0 Å². The van der Waals surface area contributed by atoms with E-state index in [-0.39, 0.29) is 5.41 Å². The van der Waals surface area contributed by atoms with Crippen molar-refractivity contribution in [3.8, 4) is 0 Å². The molecular weight excluding hydrogens is 210 g/mol. The van der Waals surface area contributed by atoms with Gasteiger partial charge in [0.05, 0.1) is 16.9 Å². The lowest BCUT2D eigenvalue weighted by molar-refractivity contribution is 0.494. The Kier molecular flexibility index (Phi) is 3.03. The van der Waals surface area contributed by atoms with Gasteiger partial charge in [0.1, 0.15) is 0 Å². The van der Waals surface area contributed by atoms with Gasteiger partial charge in [-0.15, -0.1) is 0 Å². The van der Waals surface area contributed by atoms with Gasteiger partial charge in [-0.3, -0.25) is 10.8 Å². The standard InChI is InChI=1S/C14H19N3/c1-4-14(2,3)13-12(17-15)9-10-7-5-6-8-11(10)16-13/h5-9,17H,4,15H2,1-3H3. The SMILES string of the molecule is CCC(C)(C)c1nc2ccccc2cc1NN. The molecule has 0 saturated heterocycles. The van der Waals surface area contributed by atoms with Crippen LogP contribution in [0.1, 0.15) is 32.9 Å². The van der Waals surface area contributed by atoms with Gasteiger partial charge in [0.2, 0.25) is 0 Å². The molecule has 0 spiro atoms. The zero-order valence-corrected chi connectivity index (χ0v) is 10.6. The molecule has 0 bridgehead atoms. The van der Waals surface area contributed by atoms with Crippen LogP contribution in [0.3, 0.4) is 0 Å². The van der Waals surface area contributed by atoms with E-state index in [9.17, 15) is 0 Å². The van der Waals surface area contributed by atoms with Crippen LogP contribution in [0.2, 0.25) is 0 Å². The number of benzene rings is 1. The van der Waals surface area contributed by atoms with Gasteiger partial charge >= 0.3 is 0 Å². The third-order valence-electron chi connectivity index (χ3n) is 3.40. The largest absolute Gasteiger partial charge is 0.322 e. The van der Waals surface area contributed by atoms with Crippen molar-refractivity contribution in [3.63, 3.8) is 0 Å². The molecular formula is C14H19N3. The number of nitrogens with zero attached hydrogens (tertiary/aromatic N) is 1. The van der Waals surface area contributed by atoms with Crippen LogP contribution >= 0.6 is 0 Å². The lowest BCUT2D eigenvalue weighted by atomic mass is 9.85. The first-order valence-electron chi connectivity index (χ1n) is 5.95. The van der Waals surface area contributed by atoms with E-state index in [1.165, 1.54) is 0 Å². The van der Waals surface area contributed by atoms with Gasteiger partial charge in [-0.25, -0.2) is 0 Å². The van der Waals surface area contributed by atoms with Gasteiger partial charge in [-0.05, 0) is 18.6 Å². The number of rotatable bonds is 3. The van der Waals surface area contributed by atoms with E-state index >= 15 is 0 Å². The van der Waals surface area contributed by atoms with Crippen molar-refractivity contribution >= 4 is 16.6 Å². The first-order valence-corrected chi connectivity index (χ1v) is 5.95. The van der Waals surface area contributed by atoms with Gasteiger partial charge in [0.25, 0.3) is 0 Å². The van der Waals surface area contributed by atoms with Gasteiger partial charge in [0, 0.05) is 10.8 Å². The summed E-state index contributed by atoms with van der Waals surface area (Å²) in [7, 11) is 0. The second kappa shape index (κ2) is 4.34. The molecule has 0 amide bonds. The minimum absolute atomic E-state index is 0.0196. The Hall–Kier alpha value is -1.61. The molecule has 1 aromatic carbocycles. The highest BCUT2D eigenvalue weighted by Gasteiger charge is 2.23. The van der Waals surface area contributed by atoms with Crippen molar-refractivity contribution in [2.24, 2.45) is 5.84 Å². The number of hydrazine groups is 1. The Morgan fingerprint density at radius 1 is 1.29 bits per heavy atom. The van der Waals surface area contributed by atoms with Crippen LogP contribution in [0.4, 0.5) is 5.69 Å². The van der Waals surface area contributed by atoms with E-state index < -0.39 is 0 Å². The highest BCUT2D eigenvalue weighted by Crippen LogP contribution is 2.32. The molecule has 0 atom stereocenters. The first-order chi connectivity index (χ1) is 8.08. The molecule has 0 aliphatic heterocycles. The van der Waals surface area contributed by atoms with Crippen molar-refractivity contribution in [1.82, 2.24) is 4.98 Å². The molecule has 0 aliphatic rings. The predicted octanol–water partition coefficient (Wildman–Crippen LogP) is 3.21. The number of anilines is 1.